The van der Waals surface area contributed by atoms with Gasteiger partial charge in [0.05, 0.1) is 5.69 Å². The van der Waals surface area contributed by atoms with E-state index in [4.69, 9.17) is 0 Å². The first-order valence-electron chi connectivity index (χ1n) is 10.1. The van der Waals surface area contributed by atoms with Crippen molar-refractivity contribution in [2.45, 2.75) is 64.0 Å². The van der Waals surface area contributed by atoms with Gasteiger partial charge in [0.15, 0.2) is 5.65 Å². The third-order valence-corrected chi connectivity index (χ3v) is 6.04. The maximum absolute atomic E-state index is 13.5. The van der Waals surface area contributed by atoms with Crippen molar-refractivity contribution in [1.82, 2.24) is 19.5 Å². The molecule has 4 rings (SSSR count). The van der Waals surface area contributed by atoms with Crippen molar-refractivity contribution in [1.29, 1.82) is 0 Å². The van der Waals surface area contributed by atoms with Crippen molar-refractivity contribution >= 4 is 11.6 Å². The monoisotopic (exact) mass is 394 g/mol. The Balaban J connectivity index is 1.51. The number of carbonyl (C=O) groups excluding carboxylic acids is 1. The lowest BCUT2D eigenvalue weighted by Gasteiger charge is -2.35. The number of nitrogens with zero attached hydrogens (tertiary/aromatic N) is 4. The molecule has 2 aromatic rings. The molecule has 28 heavy (non-hydrogen) atoms. The number of rotatable bonds is 2. The van der Waals surface area contributed by atoms with Crippen molar-refractivity contribution in [2.75, 3.05) is 13.1 Å². The van der Waals surface area contributed by atoms with Gasteiger partial charge in [0.25, 0.3) is 0 Å². The van der Waals surface area contributed by atoms with Gasteiger partial charge in [-0.05, 0) is 38.7 Å². The summed E-state index contributed by atoms with van der Waals surface area (Å²) in [6.45, 7) is 2.84. The molecule has 0 aromatic carbocycles. The van der Waals surface area contributed by atoms with E-state index in [1.54, 1.807) is 13.0 Å². The standard InChI is InChI=1S/C20H25F3N4O/c1-13-11-18-24-16(12-17(20(21,22)23)27(18)25-13)14-7-9-26(10-8-14)19(28)15-5-3-2-4-6-15/h11-12,14-15H,2-10H2,1H3. The Morgan fingerprint density at radius 1 is 1.07 bits per heavy atom. The lowest BCUT2D eigenvalue weighted by Crippen LogP contribution is -2.42. The predicted octanol–water partition coefficient (Wildman–Crippen LogP) is 4.34. The summed E-state index contributed by atoms with van der Waals surface area (Å²) in [4.78, 5) is 19.1. The van der Waals surface area contributed by atoms with Crippen molar-refractivity contribution in [3.05, 3.63) is 29.2 Å². The highest BCUT2D eigenvalue weighted by molar-refractivity contribution is 5.79. The van der Waals surface area contributed by atoms with Crippen LogP contribution in [0, 0.1) is 12.8 Å². The highest BCUT2D eigenvalue weighted by atomic mass is 19.4. The van der Waals surface area contributed by atoms with Gasteiger partial charge in [-0.2, -0.15) is 18.3 Å². The average Bonchev–Trinajstić information content (AvgIpc) is 3.06. The van der Waals surface area contributed by atoms with E-state index in [1.807, 2.05) is 4.90 Å². The first kappa shape index (κ1) is 19.2. The van der Waals surface area contributed by atoms with Crippen molar-refractivity contribution in [3.63, 3.8) is 0 Å². The highest BCUT2D eigenvalue weighted by Crippen LogP contribution is 2.35. The van der Waals surface area contributed by atoms with Gasteiger partial charge in [0.2, 0.25) is 5.91 Å². The van der Waals surface area contributed by atoms with E-state index in [1.165, 1.54) is 6.42 Å². The van der Waals surface area contributed by atoms with Crippen LogP contribution in [0.5, 0.6) is 0 Å². The molecule has 2 aromatic heterocycles. The maximum atomic E-state index is 13.5. The fourth-order valence-electron chi connectivity index (χ4n) is 4.52. The number of alkyl halides is 3. The Morgan fingerprint density at radius 3 is 2.39 bits per heavy atom. The predicted molar refractivity (Wildman–Crippen MR) is 97.9 cm³/mol. The molecule has 5 nitrogen and oxygen atoms in total. The molecule has 2 aliphatic rings. The minimum absolute atomic E-state index is 0.0725. The zero-order valence-corrected chi connectivity index (χ0v) is 16.0. The third-order valence-electron chi connectivity index (χ3n) is 6.04. The molecule has 0 bridgehead atoms. The van der Waals surface area contributed by atoms with Gasteiger partial charge in [-0.15, -0.1) is 0 Å². The van der Waals surface area contributed by atoms with E-state index in [9.17, 15) is 18.0 Å². The third kappa shape index (κ3) is 3.73. The molecule has 0 N–H and O–H groups in total. The van der Waals surface area contributed by atoms with Gasteiger partial charge in [0, 0.05) is 36.7 Å². The summed E-state index contributed by atoms with van der Waals surface area (Å²) in [6.07, 6.45) is 2.16. The van der Waals surface area contributed by atoms with Crippen LogP contribution < -0.4 is 0 Å². The number of piperidine rings is 1. The summed E-state index contributed by atoms with van der Waals surface area (Å²) in [5, 5.41) is 3.93. The van der Waals surface area contributed by atoms with Crippen molar-refractivity contribution in [2.24, 2.45) is 5.92 Å². The molecule has 0 atom stereocenters. The van der Waals surface area contributed by atoms with E-state index >= 15 is 0 Å². The zero-order valence-electron chi connectivity index (χ0n) is 16.0. The number of aromatic nitrogens is 3. The van der Waals surface area contributed by atoms with Crippen LogP contribution in [0.3, 0.4) is 0 Å². The van der Waals surface area contributed by atoms with Crippen LogP contribution >= 0.6 is 0 Å². The van der Waals surface area contributed by atoms with E-state index in [0.717, 1.165) is 36.3 Å². The SMILES string of the molecule is Cc1cc2nc(C3CCN(C(=O)C4CCCCC4)CC3)cc(C(F)(F)F)n2n1. The van der Waals surface area contributed by atoms with Crippen LogP contribution in [-0.2, 0) is 11.0 Å². The van der Waals surface area contributed by atoms with Crippen molar-refractivity contribution < 1.29 is 18.0 Å². The molecular weight excluding hydrogens is 369 g/mol. The van der Waals surface area contributed by atoms with Crippen LogP contribution in [0.15, 0.2) is 12.1 Å². The van der Waals surface area contributed by atoms with Crippen LogP contribution in [0.25, 0.3) is 5.65 Å². The zero-order chi connectivity index (χ0) is 19.9. The lowest BCUT2D eigenvalue weighted by atomic mass is 9.86. The van der Waals surface area contributed by atoms with Gasteiger partial charge in [-0.25, -0.2) is 9.50 Å². The number of hydrogen-bond acceptors (Lipinski definition) is 3. The molecule has 1 aliphatic carbocycles. The molecule has 1 saturated heterocycles. The maximum Gasteiger partial charge on any atom is 0.433 e. The summed E-state index contributed by atoms with van der Waals surface area (Å²) in [7, 11) is 0. The second kappa shape index (κ2) is 7.37. The van der Waals surface area contributed by atoms with Gasteiger partial charge in [0.1, 0.15) is 5.69 Å². The highest BCUT2D eigenvalue weighted by Gasteiger charge is 2.36. The fourth-order valence-corrected chi connectivity index (χ4v) is 4.52. The average molecular weight is 394 g/mol. The molecule has 152 valence electrons. The molecule has 2 fully saturated rings. The molecule has 3 heterocycles. The van der Waals surface area contributed by atoms with Gasteiger partial charge in [-0.1, -0.05) is 19.3 Å². The number of amides is 1. The molecular formula is C20H25F3N4O. The smallest absolute Gasteiger partial charge is 0.342 e. The number of halogens is 3. The molecule has 1 amide bonds. The van der Waals surface area contributed by atoms with E-state index in [0.29, 0.717) is 37.3 Å². The molecule has 0 unspecified atom stereocenters. The lowest BCUT2D eigenvalue weighted by molar-refractivity contribution is -0.142. The van der Waals surface area contributed by atoms with Crippen LogP contribution in [0.2, 0.25) is 0 Å². The summed E-state index contributed by atoms with van der Waals surface area (Å²) in [5.41, 5.74) is 0.386. The minimum atomic E-state index is -4.49. The van der Waals surface area contributed by atoms with Gasteiger partial charge < -0.3 is 4.90 Å². The minimum Gasteiger partial charge on any atom is -0.342 e. The number of hydrogen-bond donors (Lipinski definition) is 0. The van der Waals surface area contributed by atoms with Crippen LogP contribution in [0.4, 0.5) is 13.2 Å². The Hall–Kier alpha value is -2.12. The number of likely N-dealkylation sites (tertiary alicyclic amines) is 1. The number of carbonyl (C=O) groups is 1. The summed E-state index contributed by atoms with van der Waals surface area (Å²) in [6, 6.07) is 2.70. The second-order valence-corrected chi connectivity index (χ2v) is 8.05. The molecule has 8 heteroatoms. The Bertz CT molecular complexity index is 862. The molecule has 1 aliphatic heterocycles. The molecule has 0 radical (unpaired) electrons. The molecule has 0 spiro atoms. The molecule has 1 saturated carbocycles. The van der Waals surface area contributed by atoms with E-state index < -0.39 is 11.9 Å². The Kier molecular flexibility index (Phi) is 5.05. The Labute approximate surface area is 161 Å². The van der Waals surface area contributed by atoms with Crippen LogP contribution in [-0.4, -0.2) is 38.5 Å². The fraction of sp³-hybridized carbons (Fsp3) is 0.650. The van der Waals surface area contributed by atoms with E-state index in [2.05, 4.69) is 10.1 Å². The topological polar surface area (TPSA) is 50.5 Å². The second-order valence-electron chi connectivity index (χ2n) is 8.05. The van der Waals surface area contributed by atoms with Crippen LogP contribution in [0.1, 0.15) is 67.9 Å². The first-order chi connectivity index (χ1) is 13.3. The summed E-state index contributed by atoms with van der Waals surface area (Å²) >= 11 is 0. The number of aryl methyl sites for hydroxylation is 1. The quantitative estimate of drug-likeness (QED) is 0.761. The van der Waals surface area contributed by atoms with Gasteiger partial charge in [-0.3, -0.25) is 4.79 Å². The Morgan fingerprint density at radius 2 is 1.75 bits per heavy atom. The van der Waals surface area contributed by atoms with Crippen molar-refractivity contribution in [3.8, 4) is 0 Å². The first-order valence-corrected chi connectivity index (χ1v) is 10.1. The largest absolute Gasteiger partial charge is 0.433 e. The number of fused-ring (bicyclic) bond motifs is 1. The normalized spacial score (nSPS) is 20.1. The summed E-state index contributed by atoms with van der Waals surface area (Å²) in [5.74, 6) is 0.284. The van der Waals surface area contributed by atoms with E-state index in [-0.39, 0.29) is 23.4 Å². The van der Waals surface area contributed by atoms with Gasteiger partial charge >= 0.3 is 6.18 Å². The summed E-state index contributed by atoms with van der Waals surface area (Å²) < 4.78 is 41.4.